The molecule has 0 fully saturated rings. The number of fused-ring (bicyclic) bond motifs is 1. The quantitative estimate of drug-likeness (QED) is 0.718. The van der Waals surface area contributed by atoms with Crippen molar-refractivity contribution in [2.24, 2.45) is 0 Å². The second kappa shape index (κ2) is 6.45. The van der Waals surface area contributed by atoms with E-state index in [-0.39, 0.29) is 17.2 Å². The lowest BCUT2D eigenvalue weighted by molar-refractivity contribution is 0.0543. The van der Waals surface area contributed by atoms with Gasteiger partial charge in [-0.2, -0.15) is 5.26 Å². The first-order chi connectivity index (χ1) is 12.3. The third kappa shape index (κ3) is 3.33. The van der Waals surface area contributed by atoms with Gasteiger partial charge in [-0.1, -0.05) is 18.2 Å². The summed E-state index contributed by atoms with van der Waals surface area (Å²) in [7, 11) is 0. The van der Waals surface area contributed by atoms with E-state index in [4.69, 9.17) is 9.47 Å². The summed E-state index contributed by atoms with van der Waals surface area (Å²) < 4.78 is 12.4. The molecule has 1 aromatic heterocycles. The smallest absolute Gasteiger partial charge is 0.420 e. The van der Waals surface area contributed by atoms with Crippen LogP contribution in [0, 0.1) is 11.3 Å². The van der Waals surface area contributed by atoms with Crippen molar-refractivity contribution in [2.75, 3.05) is 0 Å². The fraction of sp³-hybridized carbons (Fsp3) is 0.200. The van der Waals surface area contributed by atoms with Crippen LogP contribution in [0.15, 0.2) is 48.5 Å². The zero-order chi connectivity index (χ0) is 18.9. The van der Waals surface area contributed by atoms with Crippen LogP contribution in [0.5, 0.6) is 17.2 Å². The Morgan fingerprint density at radius 2 is 1.81 bits per heavy atom. The summed E-state index contributed by atoms with van der Waals surface area (Å²) in [5.74, 6) is 0.697. The van der Waals surface area contributed by atoms with Crippen molar-refractivity contribution in [1.82, 2.24) is 4.57 Å². The maximum atomic E-state index is 12.5. The molecule has 132 valence electrons. The minimum atomic E-state index is -0.690. The van der Waals surface area contributed by atoms with Crippen LogP contribution in [0.4, 0.5) is 4.79 Å². The number of phenols is 1. The molecular formula is C20H18N2O4. The first-order valence-corrected chi connectivity index (χ1v) is 8.04. The van der Waals surface area contributed by atoms with Crippen LogP contribution in [0.2, 0.25) is 0 Å². The van der Waals surface area contributed by atoms with Crippen LogP contribution < -0.4 is 4.74 Å². The fourth-order valence-corrected chi connectivity index (χ4v) is 2.54. The minimum Gasteiger partial charge on any atom is -0.504 e. The van der Waals surface area contributed by atoms with Crippen molar-refractivity contribution < 1.29 is 19.4 Å². The summed E-state index contributed by atoms with van der Waals surface area (Å²) in [5, 5.41) is 19.9. The second-order valence-electron chi connectivity index (χ2n) is 6.72. The molecule has 3 aromatic rings. The molecule has 0 aliphatic rings. The van der Waals surface area contributed by atoms with E-state index in [2.05, 4.69) is 0 Å². The normalized spacial score (nSPS) is 11.2. The van der Waals surface area contributed by atoms with Gasteiger partial charge in [-0.15, -0.1) is 0 Å². The Balaban J connectivity index is 2.11. The average molecular weight is 350 g/mol. The lowest BCUT2D eigenvalue weighted by Crippen LogP contribution is -2.27. The summed E-state index contributed by atoms with van der Waals surface area (Å²) in [6.07, 6.45) is -0.635. The number of carbonyl (C=O) groups is 1. The molecule has 0 amide bonds. The van der Waals surface area contributed by atoms with Crippen LogP contribution in [0.25, 0.3) is 10.9 Å². The number of benzene rings is 2. The molecule has 0 saturated carbocycles. The lowest BCUT2D eigenvalue weighted by atomic mass is 10.2. The molecule has 0 spiro atoms. The Morgan fingerprint density at radius 3 is 2.46 bits per heavy atom. The lowest BCUT2D eigenvalue weighted by Gasteiger charge is -2.20. The second-order valence-corrected chi connectivity index (χ2v) is 6.72. The first kappa shape index (κ1) is 17.4. The molecule has 3 rings (SSSR count). The van der Waals surface area contributed by atoms with Crippen LogP contribution in [-0.4, -0.2) is 21.4 Å². The number of phenolic OH excluding ortho intramolecular Hbond substituents is 1. The highest BCUT2D eigenvalue weighted by molar-refractivity contribution is 5.95. The minimum absolute atomic E-state index is 0.00316. The standard InChI is InChI=1S/C20H18N2O4/c1-20(2,3)26-19(24)22-13(12-21)11-14-15(22)7-6-10-17(14)25-18-9-5-4-8-16(18)23/h4-11,23H,1-3H3. The molecule has 0 saturated heterocycles. The van der Waals surface area contributed by atoms with Gasteiger partial charge in [0.2, 0.25) is 0 Å². The predicted octanol–water partition coefficient (Wildman–Crippen LogP) is 4.79. The Bertz CT molecular complexity index is 1020. The topological polar surface area (TPSA) is 84.5 Å². The van der Waals surface area contributed by atoms with Gasteiger partial charge in [-0.25, -0.2) is 9.36 Å². The van der Waals surface area contributed by atoms with Gasteiger partial charge in [-0.05, 0) is 51.1 Å². The van der Waals surface area contributed by atoms with E-state index in [1.54, 1.807) is 63.2 Å². The largest absolute Gasteiger partial charge is 0.504 e. The molecule has 1 heterocycles. The molecule has 26 heavy (non-hydrogen) atoms. The number of para-hydroxylation sites is 2. The number of carbonyl (C=O) groups excluding carboxylic acids is 1. The molecular weight excluding hydrogens is 332 g/mol. The Kier molecular flexibility index (Phi) is 4.31. The summed E-state index contributed by atoms with van der Waals surface area (Å²) in [6, 6.07) is 15.3. The number of hydrogen-bond donors (Lipinski definition) is 1. The highest BCUT2D eigenvalue weighted by Gasteiger charge is 2.23. The third-order valence-electron chi connectivity index (χ3n) is 3.58. The van der Waals surface area contributed by atoms with Crippen LogP contribution in [-0.2, 0) is 4.74 Å². The summed E-state index contributed by atoms with van der Waals surface area (Å²) in [5.41, 5.74) is -0.0593. The zero-order valence-corrected chi connectivity index (χ0v) is 14.7. The van der Waals surface area contributed by atoms with E-state index in [1.165, 1.54) is 10.6 Å². The molecule has 2 aromatic carbocycles. The average Bonchev–Trinajstić information content (AvgIpc) is 2.95. The highest BCUT2D eigenvalue weighted by atomic mass is 16.6. The fourth-order valence-electron chi connectivity index (χ4n) is 2.54. The van der Waals surface area contributed by atoms with Gasteiger partial charge in [-0.3, -0.25) is 0 Å². The van der Waals surface area contributed by atoms with Crippen molar-refractivity contribution in [2.45, 2.75) is 26.4 Å². The molecule has 0 atom stereocenters. The molecule has 0 unspecified atom stereocenters. The van der Waals surface area contributed by atoms with Crippen LogP contribution >= 0.6 is 0 Å². The molecule has 1 N–H and O–H groups in total. The van der Waals surface area contributed by atoms with E-state index in [0.29, 0.717) is 16.7 Å². The number of nitrogens with zero attached hydrogens (tertiary/aromatic N) is 2. The number of ether oxygens (including phenoxy) is 2. The van der Waals surface area contributed by atoms with Gasteiger partial charge in [0.15, 0.2) is 11.5 Å². The number of hydrogen-bond acceptors (Lipinski definition) is 5. The van der Waals surface area contributed by atoms with Crippen molar-refractivity contribution in [3.8, 4) is 23.3 Å². The maximum absolute atomic E-state index is 12.5. The summed E-state index contributed by atoms with van der Waals surface area (Å²) in [4.78, 5) is 12.5. The van der Waals surface area contributed by atoms with Gasteiger partial charge in [0.05, 0.1) is 5.52 Å². The van der Waals surface area contributed by atoms with Crippen molar-refractivity contribution in [3.05, 3.63) is 54.2 Å². The van der Waals surface area contributed by atoms with Gasteiger partial charge < -0.3 is 14.6 Å². The van der Waals surface area contributed by atoms with Crippen molar-refractivity contribution in [3.63, 3.8) is 0 Å². The molecule has 0 radical (unpaired) electrons. The van der Waals surface area contributed by atoms with Gasteiger partial charge >= 0.3 is 6.09 Å². The number of aromatic nitrogens is 1. The third-order valence-corrected chi connectivity index (χ3v) is 3.58. The Morgan fingerprint density at radius 1 is 1.12 bits per heavy atom. The molecule has 0 aliphatic carbocycles. The van der Waals surface area contributed by atoms with Crippen molar-refractivity contribution >= 4 is 17.0 Å². The zero-order valence-electron chi connectivity index (χ0n) is 14.7. The molecule has 0 aliphatic heterocycles. The van der Waals surface area contributed by atoms with Crippen molar-refractivity contribution in [1.29, 1.82) is 5.26 Å². The molecule has 0 bridgehead atoms. The Hall–Kier alpha value is -3.46. The number of rotatable bonds is 2. The molecule has 6 nitrogen and oxygen atoms in total. The number of nitriles is 1. The van der Waals surface area contributed by atoms with Crippen LogP contribution in [0.3, 0.4) is 0 Å². The highest BCUT2D eigenvalue weighted by Crippen LogP contribution is 2.35. The van der Waals surface area contributed by atoms with Gasteiger partial charge in [0.1, 0.15) is 23.1 Å². The van der Waals surface area contributed by atoms with E-state index >= 15 is 0 Å². The molecule has 6 heteroatoms. The van der Waals surface area contributed by atoms with Gasteiger partial charge in [0.25, 0.3) is 0 Å². The predicted molar refractivity (Wildman–Crippen MR) is 96.5 cm³/mol. The SMILES string of the molecule is CC(C)(C)OC(=O)n1c(C#N)cc2c(Oc3ccccc3O)cccc21. The first-order valence-electron chi connectivity index (χ1n) is 8.04. The van der Waals surface area contributed by atoms with E-state index in [9.17, 15) is 15.2 Å². The van der Waals surface area contributed by atoms with Gasteiger partial charge in [0, 0.05) is 5.39 Å². The number of aromatic hydroxyl groups is 1. The monoisotopic (exact) mass is 350 g/mol. The van der Waals surface area contributed by atoms with E-state index in [0.717, 1.165) is 0 Å². The van der Waals surface area contributed by atoms with E-state index in [1.807, 2.05) is 6.07 Å². The van der Waals surface area contributed by atoms with E-state index < -0.39 is 11.7 Å². The van der Waals surface area contributed by atoms with Crippen LogP contribution in [0.1, 0.15) is 26.5 Å². The summed E-state index contributed by atoms with van der Waals surface area (Å²) >= 11 is 0. The summed E-state index contributed by atoms with van der Waals surface area (Å²) in [6.45, 7) is 5.28. The maximum Gasteiger partial charge on any atom is 0.420 e. The Labute approximate surface area is 150 Å².